The molecule has 2 N–H and O–H groups in total. The van der Waals surface area contributed by atoms with E-state index in [4.69, 9.17) is 11.6 Å². The van der Waals surface area contributed by atoms with Gasteiger partial charge in [0.2, 0.25) is 0 Å². The third-order valence-electron chi connectivity index (χ3n) is 2.67. The normalized spacial score (nSPS) is 10.7. The van der Waals surface area contributed by atoms with Crippen LogP contribution >= 0.6 is 43.5 Å². The summed E-state index contributed by atoms with van der Waals surface area (Å²) in [5.41, 5.74) is 4.02. The summed E-state index contributed by atoms with van der Waals surface area (Å²) in [6.07, 6.45) is 1.51. The summed E-state index contributed by atoms with van der Waals surface area (Å²) in [7, 11) is 0. The first kappa shape index (κ1) is 17.0. The zero-order valence-electron chi connectivity index (χ0n) is 11.3. The van der Waals surface area contributed by atoms with Crippen molar-refractivity contribution in [2.24, 2.45) is 5.10 Å². The Morgan fingerprint density at radius 2 is 2.00 bits per heavy atom. The Hall–Kier alpha value is -1.37. The summed E-state index contributed by atoms with van der Waals surface area (Å²) in [6.45, 7) is 0.111. The lowest BCUT2D eigenvalue weighted by atomic mass is 10.2. The van der Waals surface area contributed by atoms with Crippen LogP contribution in [-0.2, 0) is 4.79 Å². The lowest BCUT2D eigenvalue weighted by molar-refractivity contribution is -0.119. The number of nitrogens with zero attached hydrogens (tertiary/aromatic N) is 1. The molecule has 0 radical (unpaired) electrons. The number of carbonyl (C=O) groups excluding carboxylic acids is 1. The Morgan fingerprint density at radius 1 is 1.23 bits per heavy atom. The second-order valence-electron chi connectivity index (χ2n) is 4.29. The van der Waals surface area contributed by atoms with Crippen molar-refractivity contribution in [2.75, 3.05) is 11.9 Å². The van der Waals surface area contributed by atoms with Gasteiger partial charge >= 0.3 is 0 Å². The predicted octanol–water partition coefficient (Wildman–Crippen LogP) is 4.43. The maximum Gasteiger partial charge on any atom is 0.259 e. The van der Waals surface area contributed by atoms with Gasteiger partial charge in [0.1, 0.15) is 0 Å². The summed E-state index contributed by atoms with van der Waals surface area (Å²) in [6, 6.07) is 12.9. The quantitative estimate of drug-likeness (QED) is 0.529. The minimum absolute atomic E-state index is 0.111. The highest BCUT2D eigenvalue weighted by molar-refractivity contribution is 9.11. The van der Waals surface area contributed by atoms with Crippen LogP contribution < -0.4 is 10.7 Å². The van der Waals surface area contributed by atoms with Crippen molar-refractivity contribution in [1.29, 1.82) is 0 Å². The van der Waals surface area contributed by atoms with Gasteiger partial charge in [-0.3, -0.25) is 4.79 Å². The van der Waals surface area contributed by atoms with Crippen molar-refractivity contribution >= 4 is 61.3 Å². The number of hydrogen-bond acceptors (Lipinski definition) is 3. The Balaban J connectivity index is 1.84. The zero-order chi connectivity index (χ0) is 15.9. The van der Waals surface area contributed by atoms with Gasteiger partial charge in [-0.2, -0.15) is 5.10 Å². The molecule has 0 aliphatic rings. The van der Waals surface area contributed by atoms with E-state index >= 15 is 0 Å². The standard InChI is InChI=1S/C15H12Br2ClN3O/c16-11-5-6-14(12(17)7-11)19-9-15(22)21-20-8-10-3-1-2-4-13(10)18/h1-8,19H,9H2,(H,21,22). The molecule has 4 nitrogen and oxygen atoms in total. The van der Waals surface area contributed by atoms with E-state index in [9.17, 15) is 4.79 Å². The van der Waals surface area contributed by atoms with Gasteiger partial charge in [-0.25, -0.2) is 5.43 Å². The Morgan fingerprint density at radius 3 is 2.73 bits per heavy atom. The highest BCUT2D eigenvalue weighted by Crippen LogP contribution is 2.25. The van der Waals surface area contributed by atoms with Crippen LogP contribution in [0, 0.1) is 0 Å². The molecule has 0 spiro atoms. The summed E-state index contributed by atoms with van der Waals surface area (Å²) < 4.78 is 1.83. The molecule has 0 atom stereocenters. The summed E-state index contributed by atoms with van der Waals surface area (Å²) >= 11 is 12.8. The first-order chi connectivity index (χ1) is 10.6. The van der Waals surface area contributed by atoms with Crippen LogP contribution in [0.15, 0.2) is 56.5 Å². The molecule has 22 heavy (non-hydrogen) atoms. The molecule has 7 heteroatoms. The molecule has 1 amide bonds. The Kier molecular flexibility index (Phi) is 6.42. The average Bonchev–Trinajstić information content (AvgIpc) is 2.48. The molecule has 0 saturated carbocycles. The SMILES string of the molecule is O=C(CNc1ccc(Br)cc1Br)NN=Cc1ccccc1Cl. The van der Waals surface area contributed by atoms with Gasteiger partial charge in [-0.15, -0.1) is 0 Å². The van der Waals surface area contributed by atoms with E-state index in [-0.39, 0.29) is 12.5 Å². The topological polar surface area (TPSA) is 53.5 Å². The molecule has 2 aromatic carbocycles. The fourth-order valence-corrected chi connectivity index (χ4v) is 2.97. The summed E-state index contributed by atoms with van der Waals surface area (Å²) in [5, 5.41) is 7.48. The van der Waals surface area contributed by atoms with E-state index in [0.717, 1.165) is 20.2 Å². The number of benzene rings is 2. The first-order valence-corrected chi connectivity index (χ1v) is 8.28. The zero-order valence-corrected chi connectivity index (χ0v) is 15.2. The summed E-state index contributed by atoms with van der Waals surface area (Å²) in [4.78, 5) is 11.7. The van der Waals surface area contributed by atoms with Crippen molar-refractivity contribution in [3.8, 4) is 0 Å². The monoisotopic (exact) mass is 443 g/mol. The van der Waals surface area contributed by atoms with Crippen molar-refractivity contribution < 1.29 is 4.79 Å². The minimum atomic E-state index is -0.252. The molecule has 0 heterocycles. The lowest BCUT2D eigenvalue weighted by Gasteiger charge is -2.07. The molecular weight excluding hydrogens is 433 g/mol. The lowest BCUT2D eigenvalue weighted by Crippen LogP contribution is -2.26. The van der Waals surface area contributed by atoms with Gasteiger partial charge in [0.05, 0.1) is 12.8 Å². The van der Waals surface area contributed by atoms with E-state index in [2.05, 4.69) is 47.7 Å². The van der Waals surface area contributed by atoms with Crippen LogP contribution in [0.2, 0.25) is 5.02 Å². The number of carbonyl (C=O) groups is 1. The van der Waals surface area contributed by atoms with Gasteiger partial charge in [-0.05, 0) is 40.2 Å². The average molecular weight is 446 g/mol. The van der Waals surface area contributed by atoms with Crippen LogP contribution in [0.5, 0.6) is 0 Å². The second kappa shape index (κ2) is 8.31. The third-order valence-corrected chi connectivity index (χ3v) is 4.16. The van der Waals surface area contributed by atoms with Gasteiger partial charge in [0, 0.05) is 25.2 Å². The molecular formula is C15H12Br2ClN3O. The van der Waals surface area contributed by atoms with Crippen LogP contribution in [0.1, 0.15) is 5.56 Å². The number of amides is 1. The first-order valence-electron chi connectivity index (χ1n) is 6.31. The van der Waals surface area contributed by atoms with Gasteiger partial charge in [-0.1, -0.05) is 45.7 Å². The number of anilines is 1. The highest BCUT2D eigenvalue weighted by Gasteiger charge is 2.03. The predicted molar refractivity (Wildman–Crippen MR) is 97.5 cm³/mol. The van der Waals surface area contributed by atoms with Crippen LogP contribution in [0.3, 0.4) is 0 Å². The number of hydrogen-bond donors (Lipinski definition) is 2. The minimum Gasteiger partial charge on any atom is -0.375 e. The molecule has 0 unspecified atom stereocenters. The molecule has 114 valence electrons. The van der Waals surface area contributed by atoms with E-state index < -0.39 is 0 Å². The van der Waals surface area contributed by atoms with Gasteiger partial charge in [0.25, 0.3) is 5.91 Å². The van der Waals surface area contributed by atoms with E-state index in [1.54, 1.807) is 6.07 Å². The number of halogens is 3. The van der Waals surface area contributed by atoms with Crippen molar-refractivity contribution in [3.05, 3.63) is 62.0 Å². The fourth-order valence-electron chi connectivity index (χ4n) is 1.60. The van der Waals surface area contributed by atoms with E-state index in [0.29, 0.717) is 5.02 Å². The van der Waals surface area contributed by atoms with Gasteiger partial charge in [0.15, 0.2) is 0 Å². The van der Waals surface area contributed by atoms with Crippen LogP contribution in [-0.4, -0.2) is 18.7 Å². The maximum atomic E-state index is 11.7. The molecule has 0 aliphatic carbocycles. The third kappa shape index (κ3) is 5.12. The van der Waals surface area contributed by atoms with Crippen molar-refractivity contribution in [3.63, 3.8) is 0 Å². The molecule has 0 aliphatic heterocycles. The maximum absolute atomic E-state index is 11.7. The number of hydrazone groups is 1. The molecule has 2 rings (SSSR count). The molecule has 0 saturated heterocycles. The summed E-state index contributed by atoms with van der Waals surface area (Å²) in [5.74, 6) is -0.252. The largest absolute Gasteiger partial charge is 0.375 e. The van der Waals surface area contributed by atoms with Crippen LogP contribution in [0.4, 0.5) is 5.69 Å². The fraction of sp³-hybridized carbons (Fsp3) is 0.0667. The molecule has 0 fully saturated rings. The van der Waals surface area contributed by atoms with E-state index in [1.807, 2.05) is 36.4 Å². The Bertz CT molecular complexity index is 707. The van der Waals surface area contributed by atoms with Crippen molar-refractivity contribution in [1.82, 2.24) is 5.43 Å². The second-order valence-corrected chi connectivity index (χ2v) is 6.47. The van der Waals surface area contributed by atoms with Crippen molar-refractivity contribution in [2.45, 2.75) is 0 Å². The van der Waals surface area contributed by atoms with Gasteiger partial charge < -0.3 is 5.32 Å². The number of rotatable bonds is 5. The molecule has 0 aromatic heterocycles. The van der Waals surface area contributed by atoms with E-state index in [1.165, 1.54) is 6.21 Å². The molecule has 0 bridgehead atoms. The van der Waals surface area contributed by atoms with Crippen LogP contribution in [0.25, 0.3) is 0 Å². The molecule has 2 aromatic rings. The highest BCUT2D eigenvalue weighted by atomic mass is 79.9. The number of nitrogens with one attached hydrogen (secondary N) is 2. The smallest absolute Gasteiger partial charge is 0.259 e. The Labute approximate surface area is 150 Å².